The second-order valence-electron chi connectivity index (χ2n) is 4.73. The summed E-state index contributed by atoms with van der Waals surface area (Å²) in [4.78, 5) is 15.1. The highest BCUT2D eigenvalue weighted by Gasteiger charge is 2.11. The van der Waals surface area contributed by atoms with Crippen LogP contribution in [0, 0.1) is 0 Å². The van der Waals surface area contributed by atoms with Crippen molar-refractivity contribution in [3.63, 3.8) is 0 Å². The number of hydrogen-bond acceptors (Lipinski definition) is 4. The van der Waals surface area contributed by atoms with E-state index in [1.807, 2.05) is 42.8 Å². The number of carbonyl (C=O) groups is 1. The van der Waals surface area contributed by atoms with Crippen LogP contribution in [0.3, 0.4) is 0 Å². The van der Waals surface area contributed by atoms with Crippen molar-refractivity contribution in [1.29, 1.82) is 0 Å². The summed E-state index contributed by atoms with van der Waals surface area (Å²) in [6.07, 6.45) is 0. The number of amides is 1. The molecule has 0 unspecified atom stereocenters. The zero-order valence-corrected chi connectivity index (χ0v) is 14.4. The summed E-state index contributed by atoms with van der Waals surface area (Å²) in [6.45, 7) is 1.98. The van der Waals surface area contributed by atoms with Gasteiger partial charge in [0.25, 0.3) is 5.91 Å². The molecule has 0 aliphatic heterocycles. The molecule has 0 aliphatic rings. The van der Waals surface area contributed by atoms with E-state index in [0.29, 0.717) is 18.7 Å². The van der Waals surface area contributed by atoms with Crippen molar-refractivity contribution in [1.82, 2.24) is 10.2 Å². The molecule has 6 heteroatoms. The molecule has 0 saturated carbocycles. The van der Waals surface area contributed by atoms with E-state index < -0.39 is 0 Å². The highest BCUT2D eigenvalue weighted by Crippen LogP contribution is 2.18. The molecule has 0 radical (unpaired) electrons. The first-order chi connectivity index (χ1) is 10.2. The van der Waals surface area contributed by atoms with Crippen LogP contribution in [0.1, 0.15) is 15.2 Å². The minimum Gasteiger partial charge on any atom is -0.488 e. The Kier molecular flexibility index (Phi) is 7.95. The molecule has 0 aliphatic carbocycles. The van der Waals surface area contributed by atoms with E-state index in [-0.39, 0.29) is 18.3 Å². The first kappa shape index (κ1) is 18.5. The Hall–Kier alpha value is -1.56. The number of hydrogen-bond donors (Lipinski definition) is 1. The van der Waals surface area contributed by atoms with E-state index in [2.05, 4.69) is 5.32 Å². The third-order valence-corrected chi connectivity index (χ3v) is 3.94. The molecule has 0 bridgehead atoms. The minimum atomic E-state index is 0. The van der Waals surface area contributed by atoms with Gasteiger partial charge in [-0.15, -0.1) is 23.7 Å². The van der Waals surface area contributed by atoms with E-state index >= 15 is 0 Å². The zero-order chi connectivity index (χ0) is 15.1. The lowest BCUT2D eigenvalue weighted by Crippen LogP contribution is -2.32. The van der Waals surface area contributed by atoms with Gasteiger partial charge in [0.15, 0.2) is 0 Å². The zero-order valence-electron chi connectivity index (χ0n) is 12.7. The number of likely N-dealkylation sites (N-methyl/N-ethyl adjacent to an activating group) is 2. The molecule has 120 valence electrons. The van der Waals surface area contributed by atoms with Gasteiger partial charge in [0, 0.05) is 30.6 Å². The van der Waals surface area contributed by atoms with Gasteiger partial charge in [0.05, 0.1) is 0 Å². The van der Waals surface area contributed by atoms with E-state index in [1.165, 1.54) is 0 Å². The predicted molar refractivity (Wildman–Crippen MR) is 93.2 cm³/mol. The first-order valence-corrected chi connectivity index (χ1v) is 7.74. The Morgan fingerprint density at radius 1 is 1.32 bits per heavy atom. The minimum absolute atomic E-state index is 0. The molecule has 0 spiro atoms. The smallest absolute Gasteiger partial charge is 0.253 e. The average Bonchev–Trinajstić information content (AvgIpc) is 3.03. The molecule has 0 atom stereocenters. The van der Waals surface area contributed by atoms with Crippen LogP contribution >= 0.6 is 23.7 Å². The molecule has 4 nitrogen and oxygen atoms in total. The second-order valence-corrected chi connectivity index (χ2v) is 5.76. The van der Waals surface area contributed by atoms with Gasteiger partial charge >= 0.3 is 0 Å². The Bertz CT molecular complexity index is 575. The average molecular weight is 341 g/mol. The number of rotatable bonds is 7. The molecular formula is C16H21ClN2O2S. The Labute approximate surface area is 141 Å². The fourth-order valence-corrected chi connectivity index (χ4v) is 2.49. The van der Waals surface area contributed by atoms with Crippen molar-refractivity contribution in [2.24, 2.45) is 0 Å². The molecule has 22 heavy (non-hydrogen) atoms. The molecule has 1 heterocycles. The number of benzene rings is 1. The summed E-state index contributed by atoms with van der Waals surface area (Å²) in [5.41, 5.74) is 0.650. The number of thiophene rings is 1. The Balaban J connectivity index is 0.00000242. The van der Waals surface area contributed by atoms with Crippen molar-refractivity contribution < 1.29 is 9.53 Å². The fraction of sp³-hybridized carbons (Fsp3) is 0.312. The summed E-state index contributed by atoms with van der Waals surface area (Å²) < 4.78 is 5.73. The van der Waals surface area contributed by atoms with Crippen molar-refractivity contribution in [2.75, 3.05) is 27.2 Å². The van der Waals surface area contributed by atoms with Crippen LogP contribution in [0.15, 0.2) is 41.8 Å². The van der Waals surface area contributed by atoms with Crippen molar-refractivity contribution in [3.05, 3.63) is 52.2 Å². The summed E-state index contributed by atoms with van der Waals surface area (Å²) in [5, 5.41) is 5.06. The van der Waals surface area contributed by atoms with Gasteiger partial charge in [-0.1, -0.05) is 12.1 Å². The number of nitrogens with one attached hydrogen (secondary N) is 1. The van der Waals surface area contributed by atoms with Crippen LogP contribution < -0.4 is 10.1 Å². The normalized spacial score (nSPS) is 9.91. The molecule has 2 aromatic rings. The van der Waals surface area contributed by atoms with Crippen LogP contribution in [-0.2, 0) is 6.61 Å². The second kappa shape index (κ2) is 9.46. The monoisotopic (exact) mass is 340 g/mol. The standard InChI is InChI=1S/C16H20N2O2S.ClH/c1-17-8-9-18(2)16(19)13-5-3-6-14(11-13)20-12-15-7-4-10-21-15;/h3-7,10-11,17H,8-9,12H2,1-2H3;1H. The molecule has 1 N–H and O–H groups in total. The van der Waals surface area contributed by atoms with E-state index in [1.54, 1.807) is 29.4 Å². The van der Waals surface area contributed by atoms with Gasteiger partial charge in [0.2, 0.25) is 0 Å². The van der Waals surface area contributed by atoms with Gasteiger partial charge in [-0.3, -0.25) is 4.79 Å². The third kappa shape index (κ3) is 5.33. The largest absolute Gasteiger partial charge is 0.488 e. The van der Waals surface area contributed by atoms with Gasteiger partial charge in [-0.25, -0.2) is 0 Å². The summed E-state index contributed by atoms with van der Waals surface area (Å²) in [5.74, 6) is 0.725. The van der Waals surface area contributed by atoms with Crippen LogP contribution in [-0.4, -0.2) is 38.0 Å². The molecule has 1 amide bonds. The quantitative estimate of drug-likeness (QED) is 0.842. The topological polar surface area (TPSA) is 41.6 Å². The Morgan fingerprint density at radius 3 is 2.82 bits per heavy atom. The lowest BCUT2D eigenvalue weighted by atomic mass is 10.2. The molecule has 1 aromatic heterocycles. The van der Waals surface area contributed by atoms with Crippen molar-refractivity contribution in [3.8, 4) is 5.75 Å². The number of carbonyl (C=O) groups excluding carboxylic acids is 1. The first-order valence-electron chi connectivity index (χ1n) is 6.86. The highest BCUT2D eigenvalue weighted by atomic mass is 35.5. The lowest BCUT2D eigenvalue weighted by Gasteiger charge is -2.17. The van der Waals surface area contributed by atoms with Gasteiger partial charge in [0.1, 0.15) is 12.4 Å². The van der Waals surface area contributed by atoms with Gasteiger partial charge in [-0.2, -0.15) is 0 Å². The molecule has 1 aromatic carbocycles. The van der Waals surface area contributed by atoms with E-state index in [4.69, 9.17) is 4.74 Å². The van der Waals surface area contributed by atoms with E-state index in [0.717, 1.165) is 17.2 Å². The van der Waals surface area contributed by atoms with Crippen LogP contribution in [0.4, 0.5) is 0 Å². The molecular weight excluding hydrogens is 320 g/mol. The van der Waals surface area contributed by atoms with Crippen LogP contribution in [0.25, 0.3) is 0 Å². The summed E-state index contributed by atoms with van der Waals surface area (Å²) >= 11 is 1.66. The maximum absolute atomic E-state index is 12.3. The predicted octanol–water partition coefficient (Wildman–Crippen LogP) is 3.04. The SMILES string of the molecule is CNCCN(C)C(=O)c1cccc(OCc2cccs2)c1.Cl. The molecule has 2 rings (SSSR count). The van der Waals surface area contributed by atoms with Crippen LogP contribution in [0.5, 0.6) is 5.75 Å². The summed E-state index contributed by atoms with van der Waals surface area (Å²) in [6, 6.07) is 11.4. The maximum Gasteiger partial charge on any atom is 0.253 e. The van der Waals surface area contributed by atoms with E-state index in [9.17, 15) is 4.79 Å². The van der Waals surface area contributed by atoms with Gasteiger partial charge in [-0.05, 0) is 36.7 Å². The molecule has 0 fully saturated rings. The maximum atomic E-state index is 12.3. The lowest BCUT2D eigenvalue weighted by molar-refractivity contribution is 0.0796. The van der Waals surface area contributed by atoms with Crippen molar-refractivity contribution >= 4 is 29.7 Å². The third-order valence-electron chi connectivity index (χ3n) is 3.09. The molecule has 0 saturated heterocycles. The number of nitrogens with zero attached hydrogens (tertiary/aromatic N) is 1. The Morgan fingerprint density at radius 2 is 2.14 bits per heavy atom. The number of ether oxygens (including phenoxy) is 1. The van der Waals surface area contributed by atoms with Crippen LogP contribution in [0.2, 0.25) is 0 Å². The fourth-order valence-electron chi connectivity index (χ4n) is 1.87. The number of halogens is 1. The van der Waals surface area contributed by atoms with Crippen molar-refractivity contribution in [2.45, 2.75) is 6.61 Å². The highest BCUT2D eigenvalue weighted by molar-refractivity contribution is 7.09. The summed E-state index contributed by atoms with van der Waals surface area (Å²) in [7, 11) is 3.68. The van der Waals surface area contributed by atoms with Gasteiger partial charge < -0.3 is 15.0 Å².